The van der Waals surface area contributed by atoms with Gasteiger partial charge in [-0.3, -0.25) is 4.79 Å². The van der Waals surface area contributed by atoms with Gasteiger partial charge in [0.2, 0.25) is 0 Å². The second-order valence-electron chi connectivity index (χ2n) is 4.63. The summed E-state index contributed by atoms with van der Waals surface area (Å²) in [5, 5.41) is 0. The maximum atomic E-state index is 13.3. The Balaban J connectivity index is 2.28. The SMILES string of the molecule is Cc1cccc(C(=O)Cc2cc(F)cc(Br)c2)c1C. The Morgan fingerprint density at radius 1 is 1.21 bits per heavy atom. The van der Waals surface area contributed by atoms with Crippen molar-refractivity contribution in [1.29, 1.82) is 0 Å². The number of rotatable bonds is 3. The Labute approximate surface area is 120 Å². The zero-order valence-corrected chi connectivity index (χ0v) is 12.4. The number of aryl methyl sites for hydroxylation is 1. The smallest absolute Gasteiger partial charge is 0.167 e. The van der Waals surface area contributed by atoms with Crippen LogP contribution < -0.4 is 0 Å². The van der Waals surface area contributed by atoms with Crippen LogP contribution in [-0.2, 0) is 6.42 Å². The molecule has 2 rings (SSSR count). The molecule has 0 heterocycles. The van der Waals surface area contributed by atoms with Crippen molar-refractivity contribution in [2.75, 3.05) is 0 Å². The fraction of sp³-hybridized carbons (Fsp3) is 0.188. The average molecular weight is 321 g/mol. The predicted octanol–water partition coefficient (Wildman–Crippen LogP) is 4.63. The molecule has 0 saturated heterocycles. The van der Waals surface area contributed by atoms with Crippen molar-refractivity contribution < 1.29 is 9.18 Å². The number of carbonyl (C=O) groups is 1. The van der Waals surface area contributed by atoms with E-state index in [0.717, 1.165) is 11.1 Å². The molecule has 0 bridgehead atoms. The van der Waals surface area contributed by atoms with Crippen LogP contribution in [0.25, 0.3) is 0 Å². The number of ketones is 1. The van der Waals surface area contributed by atoms with Gasteiger partial charge in [-0.1, -0.05) is 34.1 Å². The molecule has 0 aliphatic carbocycles. The fourth-order valence-electron chi connectivity index (χ4n) is 2.05. The lowest BCUT2D eigenvalue weighted by Crippen LogP contribution is -2.06. The summed E-state index contributed by atoms with van der Waals surface area (Å²) in [6.45, 7) is 3.91. The lowest BCUT2D eigenvalue weighted by Gasteiger charge is -2.08. The highest BCUT2D eigenvalue weighted by atomic mass is 79.9. The van der Waals surface area contributed by atoms with E-state index in [1.165, 1.54) is 12.1 Å². The summed E-state index contributed by atoms with van der Waals surface area (Å²) in [7, 11) is 0. The van der Waals surface area contributed by atoms with Crippen LogP contribution in [0.15, 0.2) is 40.9 Å². The van der Waals surface area contributed by atoms with Gasteiger partial charge in [-0.05, 0) is 48.7 Å². The molecule has 0 saturated carbocycles. The first-order valence-electron chi connectivity index (χ1n) is 6.02. The monoisotopic (exact) mass is 320 g/mol. The normalized spacial score (nSPS) is 10.5. The second-order valence-corrected chi connectivity index (χ2v) is 5.54. The van der Waals surface area contributed by atoms with Crippen molar-refractivity contribution >= 4 is 21.7 Å². The first-order chi connectivity index (χ1) is 8.97. The Hall–Kier alpha value is -1.48. The molecule has 0 radical (unpaired) electrons. The topological polar surface area (TPSA) is 17.1 Å². The standard InChI is InChI=1S/C16H14BrFO/c1-10-4-3-5-15(11(10)2)16(19)8-12-6-13(17)9-14(18)7-12/h3-7,9H,8H2,1-2H3. The maximum Gasteiger partial charge on any atom is 0.167 e. The molecule has 0 N–H and O–H groups in total. The zero-order valence-electron chi connectivity index (χ0n) is 10.8. The molecule has 19 heavy (non-hydrogen) atoms. The molecule has 0 aromatic heterocycles. The van der Waals surface area contributed by atoms with Crippen LogP contribution in [0.5, 0.6) is 0 Å². The van der Waals surface area contributed by atoms with Gasteiger partial charge in [0.05, 0.1) is 0 Å². The number of benzene rings is 2. The van der Waals surface area contributed by atoms with Crippen LogP contribution in [0, 0.1) is 19.7 Å². The molecule has 0 aliphatic rings. The van der Waals surface area contributed by atoms with Crippen LogP contribution in [-0.4, -0.2) is 5.78 Å². The van der Waals surface area contributed by atoms with Crippen LogP contribution >= 0.6 is 15.9 Å². The van der Waals surface area contributed by atoms with E-state index in [2.05, 4.69) is 15.9 Å². The predicted molar refractivity (Wildman–Crippen MR) is 78.1 cm³/mol. The van der Waals surface area contributed by atoms with Crippen molar-refractivity contribution in [3.8, 4) is 0 Å². The van der Waals surface area contributed by atoms with Gasteiger partial charge >= 0.3 is 0 Å². The summed E-state index contributed by atoms with van der Waals surface area (Å²) >= 11 is 3.23. The first kappa shape index (κ1) is 13.9. The minimum Gasteiger partial charge on any atom is -0.294 e. The molecule has 3 heteroatoms. The molecule has 0 spiro atoms. The third-order valence-electron chi connectivity index (χ3n) is 3.19. The van der Waals surface area contributed by atoms with E-state index in [0.29, 0.717) is 15.6 Å². The summed E-state index contributed by atoms with van der Waals surface area (Å²) in [6.07, 6.45) is 0.209. The van der Waals surface area contributed by atoms with Crippen molar-refractivity contribution in [1.82, 2.24) is 0 Å². The molecular weight excluding hydrogens is 307 g/mol. The van der Waals surface area contributed by atoms with Gasteiger partial charge in [-0.2, -0.15) is 0 Å². The summed E-state index contributed by atoms with van der Waals surface area (Å²) in [4.78, 5) is 12.3. The number of Topliss-reactive ketones (excluding diaryl/α,β-unsaturated/α-hetero) is 1. The molecule has 2 aromatic carbocycles. The average Bonchev–Trinajstić information content (AvgIpc) is 2.31. The molecule has 98 valence electrons. The Morgan fingerprint density at radius 2 is 1.95 bits per heavy atom. The van der Waals surface area contributed by atoms with Gasteiger partial charge in [0.1, 0.15) is 5.82 Å². The van der Waals surface area contributed by atoms with E-state index in [-0.39, 0.29) is 18.0 Å². The Kier molecular flexibility index (Phi) is 4.15. The highest BCUT2D eigenvalue weighted by Crippen LogP contribution is 2.19. The molecule has 1 nitrogen and oxygen atoms in total. The number of hydrogen-bond acceptors (Lipinski definition) is 1. The van der Waals surface area contributed by atoms with Gasteiger partial charge in [0.15, 0.2) is 5.78 Å². The zero-order chi connectivity index (χ0) is 14.0. The van der Waals surface area contributed by atoms with Crippen LogP contribution in [0.3, 0.4) is 0 Å². The molecule has 0 amide bonds. The summed E-state index contributed by atoms with van der Waals surface area (Å²) in [5.41, 5.74) is 3.47. The molecule has 0 atom stereocenters. The fourth-order valence-corrected chi connectivity index (χ4v) is 2.56. The largest absolute Gasteiger partial charge is 0.294 e. The molecule has 2 aromatic rings. The van der Waals surface area contributed by atoms with Gasteiger partial charge in [0.25, 0.3) is 0 Å². The Bertz CT molecular complexity index is 614. The van der Waals surface area contributed by atoms with Gasteiger partial charge in [-0.15, -0.1) is 0 Å². The van der Waals surface area contributed by atoms with Crippen LogP contribution in [0.2, 0.25) is 0 Å². The molecule has 0 fully saturated rings. The highest BCUT2D eigenvalue weighted by molar-refractivity contribution is 9.10. The highest BCUT2D eigenvalue weighted by Gasteiger charge is 2.11. The quantitative estimate of drug-likeness (QED) is 0.753. The third-order valence-corrected chi connectivity index (χ3v) is 3.65. The molecule has 0 unspecified atom stereocenters. The van der Waals surface area contributed by atoms with Crippen molar-refractivity contribution in [3.63, 3.8) is 0 Å². The van der Waals surface area contributed by atoms with Crippen molar-refractivity contribution in [2.45, 2.75) is 20.3 Å². The number of halogens is 2. The van der Waals surface area contributed by atoms with Crippen LogP contribution in [0.1, 0.15) is 27.0 Å². The van der Waals surface area contributed by atoms with E-state index in [4.69, 9.17) is 0 Å². The minimum atomic E-state index is -0.335. The van der Waals surface area contributed by atoms with E-state index >= 15 is 0 Å². The van der Waals surface area contributed by atoms with Gasteiger partial charge in [-0.25, -0.2) is 4.39 Å². The van der Waals surface area contributed by atoms with E-state index < -0.39 is 0 Å². The maximum absolute atomic E-state index is 13.3. The molecule has 0 aliphatic heterocycles. The lowest BCUT2D eigenvalue weighted by atomic mass is 9.96. The van der Waals surface area contributed by atoms with E-state index in [9.17, 15) is 9.18 Å². The van der Waals surface area contributed by atoms with E-state index in [1.807, 2.05) is 32.0 Å². The summed E-state index contributed by atoms with van der Waals surface area (Å²) < 4.78 is 13.9. The number of hydrogen-bond donors (Lipinski definition) is 0. The Morgan fingerprint density at radius 3 is 2.63 bits per heavy atom. The molecular formula is C16H14BrFO. The second kappa shape index (κ2) is 5.66. The third kappa shape index (κ3) is 3.29. The van der Waals surface area contributed by atoms with E-state index in [1.54, 1.807) is 6.07 Å². The van der Waals surface area contributed by atoms with Gasteiger partial charge < -0.3 is 0 Å². The van der Waals surface area contributed by atoms with Crippen molar-refractivity contribution in [2.24, 2.45) is 0 Å². The minimum absolute atomic E-state index is 0.0127. The summed E-state index contributed by atoms with van der Waals surface area (Å²) in [5.74, 6) is -0.322. The summed E-state index contributed by atoms with van der Waals surface area (Å²) in [6, 6.07) is 10.2. The lowest BCUT2D eigenvalue weighted by molar-refractivity contribution is 0.0992. The van der Waals surface area contributed by atoms with Crippen LogP contribution in [0.4, 0.5) is 4.39 Å². The number of carbonyl (C=O) groups excluding carboxylic acids is 1. The first-order valence-corrected chi connectivity index (χ1v) is 6.81. The van der Waals surface area contributed by atoms with Crippen molar-refractivity contribution in [3.05, 3.63) is 68.9 Å². The van der Waals surface area contributed by atoms with Gasteiger partial charge in [0, 0.05) is 16.5 Å².